The summed E-state index contributed by atoms with van der Waals surface area (Å²) in [6, 6.07) is 0. The van der Waals surface area contributed by atoms with Gasteiger partial charge in [0.25, 0.3) is 0 Å². The molecule has 0 saturated carbocycles. The van der Waals surface area contributed by atoms with E-state index in [0.29, 0.717) is 0 Å². The lowest BCUT2D eigenvalue weighted by Gasteiger charge is -2.43. The summed E-state index contributed by atoms with van der Waals surface area (Å²) in [5, 5.41) is 3.06. The predicted molar refractivity (Wildman–Crippen MR) is 52.9 cm³/mol. The normalized spacial score (nSPS) is 23.3. The zero-order chi connectivity index (χ0) is 11.5. The molecule has 0 aromatic heterocycles. The van der Waals surface area contributed by atoms with E-state index in [4.69, 9.17) is 4.74 Å². The van der Waals surface area contributed by atoms with Gasteiger partial charge in [-0.25, -0.2) is 9.59 Å². The van der Waals surface area contributed by atoms with E-state index in [-0.39, 0.29) is 11.8 Å². The van der Waals surface area contributed by atoms with Crippen LogP contribution in [0.5, 0.6) is 0 Å². The Morgan fingerprint density at radius 3 is 2.33 bits per heavy atom. The number of carbonyl (C=O) groups is 2. The fourth-order valence-electron chi connectivity index (χ4n) is 1.33. The number of hydrogen-bond donors (Lipinski definition) is 1. The molecule has 1 heterocycles. The fourth-order valence-corrected chi connectivity index (χ4v) is 1.33. The van der Waals surface area contributed by atoms with Gasteiger partial charge in [0.1, 0.15) is 0 Å². The van der Waals surface area contributed by atoms with Gasteiger partial charge in [-0.3, -0.25) is 5.32 Å². The van der Waals surface area contributed by atoms with E-state index >= 15 is 0 Å². The average Bonchev–Trinajstić information content (AvgIpc) is 2.11. The third kappa shape index (κ3) is 3.71. The van der Waals surface area contributed by atoms with Crippen molar-refractivity contribution in [2.45, 2.75) is 32.0 Å². The van der Waals surface area contributed by atoms with E-state index in [2.05, 4.69) is 10.1 Å². The van der Waals surface area contributed by atoms with Gasteiger partial charge in [-0.05, 0) is 13.8 Å². The van der Waals surface area contributed by atoms with Gasteiger partial charge in [0.2, 0.25) is 0 Å². The third-order valence-corrected chi connectivity index (χ3v) is 2.06. The summed E-state index contributed by atoms with van der Waals surface area (Å²) >= 11 is 0. The first-order valence-corrected chi connectivity index (χ1v) is 4.67. The first kappa shape index (κ1) is 11.7. The smallest absolute Gasteiger partial charge is 0.332 e. The summed E-state index contributed by atoms with van der Waals surface area (Å²) in [5.74, 6) is -1.12. The lowest BCUT2D eigenvalue weighted by atomic mass is 9.91. The van der Waals surface area contributed by atoms with Crippen molar-refractivity contribution in [2.75, 3.05) is 7.11 Å². The molecule has 0 spiro atoms. The minimum atomic E-state index is -0.575. The molecule has 0 aliphatic carbocycles. The summed E-state index contributed by atoms with van der Waals surface area (Å²) in [6.45, 7) is 4.03. The molecule has 1 saturated heterocycles. The Morgan fingerprint density at radius 2 is 1.87 bits per heavy atom. The van der Waals surface area contributed by atoms with Crippen LogP contribution in [0.15, 0.2) is 12.2 Å². The van der Waals surface area contributed by atoms with Gasteiger partial charge in [0.05, 0.1) is 7.11 Å². The van der Waals surface area contributed by atoms with E-state index in [0.717, 1.165) is 18.6 Å². The van der Waals surface area contributed by atoms with Gasteiger partial charge in [-0.2, -0.15) is 0 Å². The van der Waals surface area contributed by atoms with Gasteiger partial charge in [0, 0.05) is 24.1 Å². The van der Waals surface area contributed by atoms with E-state index in [1.54, 1.807) is 0 Å². The lowest BCUT2D eigenvalue weighted by molar-refractivity contribution is -0.154. The van der Waals surface area contributed by atoms with Gasteiger partial charge in [0.15, 0.2) is 6.23 Å². The van der Waals surface area contributed by atoms with Crippen molar-refractivity contribution >= 4 is 11.9 Å². The quantitative estimate of drug-likeness (QED) is 0.541. The van der Waals surface area contributed by atoms with Gasteiger partial charge in [-0.15, -0.1) is 0 Å². The molecule has 0 unspecified atom stereocenters. The molecule has 1 rings (SSSR count). The molecule has 84 valence electrons. The fraction of sp³-hybridized carbons (Fsp3) is 0.600. The number of hydrogen-bond acceptors (Lipinski definition) is 5. The Balaban J connectivity index is 2.26. The molecule has 1 aliphatic heterocycles. The molecule has 0 amide bonds. The van der Waals surface area contributed by atoms with Crippen LogP contribution in [0.2, 0.25) is 0 Å². The Morgan fingerprint density at radius 1 is 1.33 bits per heavy atom. The van der Waals surface area contributed by atoms with Crippen molar-refractivity contribution in [3.63, 3.8) is 0 Å². The van der Waals surface area contributed by atoms with Crippen LogP contribution < -0.4 is 5.32 Å². The van der Waals surface area contributed by atoms with Crippen molar-refractivity contribution < 1.29 is 19.1 Å². The number of carbonyl (C=O) groups excluding carboxylic acids is 2. The largest absolute Gasteiger partial charge is 0.466 e. The Bertz CT molecular complexity index is 288. The number of nitrogens with one attached hydrogen (secondary N) is 1. The van der Waals surface area contributed by atoms with Crippen LogP contribution in [0.3, 0.4) is 0 Å². The number of methoxy groups -OCH3 is 1. The minimum Gasteiger partial charge on any atom is -0.466 e. The molecule has 15 heavy (non-hydrogen) atoms. The van der Waals surface area contributed by atoms with Gasteiger partial charge >= 0.3 is 11.9 Å². The van der Waals surface area contributed by atoms with E-state index in [1.165, 1.54) is 7.11 Å². The molecule has 0 radical (unpaired) electrons. The highest BCUT2D eigenvalue weighted by Gasteiger charge is 2.37. The topological polar surface area (TPSA) is 64.6 Å². The summed E-state index contributed by atoms with van der Waals surface area (Å²) in [4.78, 5) is 21.8. The summed E-state index contributed by atoms with van der Waals surface area (Å²) in [6.07, 6.45) is 2.60. The molecule has 0 aromatic carbocycles. The van der Waals surface area contributed by atoms with Crippen molar-refractivity contribution in [3.8, 4) is 0 Å². The van der Waals surface area contributed by atoms with E-state index in [1.807, 2.05) is 13.8 Å². The second-order valence-corrected chi connectivity index (χ2v) is 4.01. The Kier molecular flexibility index (Phi) is 3.47. The standard InChI is InChI=1S/C10H15NO4/c1-10(2)6-7(11-10)15-9(13)5-4-8(12)14-3/h4-5,7,11H,6H2,1-3H3/b5-4-/t7-/m1/s1. The molecule has 5 nitrogen and oxygen atoms in total. The Hall–Kier alpha value is -1.36. The SMILES string of the molecule is COC(=O)/C=C\C(=O)O[C@@H]1CC(C)(C)N1. The molecule has 0 bridgehead atoms. The lowest BCUT2D eigenvalue weighted by Crippen LogP contribution is -2.61. The highest BCUT2D eigenvalue weighted by molar-refractivity contribution is 5.91. The van der Waals surface area contributed by atoms with Crippen LogP contribution in [-0.2, 0) is 19.1 Å². The van der Waals surface area contributed by atoms with Gasteiger partial charge < -0.3 is 9.47 Å². The second-order valence-electron chi connectivity index (χ2n) is 4.01. The summed E-state index contributed by atoms with van der Waals surface area (Å²) in [5.41, 5.74) is 0.0248. The van der Waals surface area contributed by atoms with E-state index < -0.39 is 11.9 Å². The molecule has 1 aliphatic rings. The monoisotopic (exact) mass is 213 g/mol. The maximum atomic E-state index is 11.1. The van der Waals surface area contributed by atoms with Crippen molar-refractivity contribution in [1.29, 1.82) is 0 Å². The summed E-state index contributed by atoms with van der Waals surface area (Å²) in [7, 11) is 1.24. The number of rotatable bonds is 3. The maximum Gasteiger partial charge on any atom is 0.332 e. The molecule has 0 aromatic rings. The van der Waals surface area contributed by atoms with Crippen molar-refractivity contribution in [3.05, 3.63) is 12.2 Å². The summed E-state index contributed by atoms with van der Waals surface area (Å²) < 4.78 is 9.30. The maximum absolute atomic E-state index is 11.1. The highest BCUT2D eigenvalue weighted by atomic mass is 16.6. The van der Waals surface area contributed by atoms with Crippen LogP contribution in [0.4, 0.5) is 0 Å². The van der Waals surface area contributed by atoms with Crippen LogP contribution in [0.25, 0.3) is 0 Å². The number of esters is 2. The van der Waals surface area contributed by atoms with Crippen LogP contribution in [0.1, 0.15) is 20.3 Å². The van der Waals surface area contributed by atoms with Crippen molar-refractivity contribution in [2.24, 2.45) is 0 Å². The van der Waals surface area contributed by atoms with E-state index in [9.17, 15) is 9.59 Å². The van der Waals surface area contributed by atoms with Crippen LogP contribution >= 0.6 is 0 Å². The highest BCUT2D eigenvalue weighted by Crippen LogP contribution is 2.23. The third-order valence-electron chi connectivity index (χ3n) is 2.06. The number of ether oxygens (including phenoxy) is 2. The molecule has 1 N–H and O–H groups in total. The molecule has 1 fully saturated rings. The first-order chi connectivity index (χ1) is 6.93. The van der Waals surface area contributed by atoms with Crippen molar-refractivity contribution in [1.82, 2.24) is 5.32 Å². The second kappa shape index (κ2) is 4.44. The molecule has 1 atom stereocenters. The molecular formula is C10H15NO4. The minimum absolute atomic E-state index is 0.0248. The van der Waals surface area contributed by atoms with Crippen LogP contribution in [-0.4, -0.2) is 30.8 Å². The zero-order valence-electron chi connectivity index (χ0n) is 9.07. The predicted octanol–water partition coefficient (Wildman–Crippen LogP) is 0.357. The first-order valence-electron chi connectivity index (χ1n) is 4.67. The zero-order valence-corrected chi connectivity index (χ0v) is 9.07. The molecular weight excluding hydrogens is 198 g/mol. The average molecular weight is 213 g/mol. The van der Waals surface area contributed by atoms with Crippen LogP contribution in [0, 0.1) is 0 Å². The Labute approximate surface area is 88.4 Å². The molecule has 5 heteroatoms. The van der Waals surface area contributed by atoms with Gasteiger partial charge in [-0.1, -0.05) is 0 Å².